The summed E-state index contributed by atoms with van der Waals surface area (Å²) in [6.45, 7) is 5.81. The van der Waals surface area contributed by atoms with Gasteiger partial charge in [-0.3, -0.25) is 4.79 Å². The van der Waals surface area contributed by atoms with Crippen LogP contribution in [0.15, 0.2) is 5.38 Å². The first kappa shape index (κ1) is 16.7. The van der Waals surface area contributed by atoms with E-state index in [1.165, 1.54) is 0 Å². The van der Waals surface area contributed by atoms with E-state index in [-0.39, 0.29) is 11.9 Å². The monoisotopic (exact) mass is 325 g/mol. The molecule has 1 aliphatic heterocycles. The largest absolute Gasteiger partial charge is 0.481 e. The molecule has 0 unspecified atom stereocenters. The zero-order valence-corrected chi connectivity index (χ0v) is 13.9. The lowest BCUT2D eigenvalue weighted by Crippen LogP contribution is -2.45. The molecule has 0 atom stereocenters. The highest BCUT2D eigenvalue weighted by Crippen LogP contribution is 2.19. The maximum Gasteiger partial charge on any atom is 0.317 e. The van der Waals surface area contributed by atoms with E-state index in [4.69, 9.17) is 5.11 Å². The molecule has 2 heterocycles. The van der Waals surface area contributed by atoms with Gasteiger partial charge in [0.1, 0.15) is 0 Å². The first-order valence-corrected chi connectivity index (χ1v) is 8.55. The van der Waals surface area contributed by atoms with Crippen LogP contribution in [0.25, 0.3) is 0 Å². The number of hydrogen-bond donors (Lipinski definition) is 2. The fraction of sp³-hybridized carbons (Fsp3) is 0.667. The van der Waals surface area contributed by atoms with Gasteiger partial charge in [0.25, 0.3) is 0 Å². The summed E-state index contributed by atoms with van der Waals surface area (Å²) < 4.78 is 0. The minimum Gasteiger partial charge on any atom is -0.481 e. The Balaban J connectivity index is 1.70. The summed E-state index contributed by atoms with van der Waals surface area (Å²) in [5.74, 6) is -0.637. The molecule has 2 rings (SSSR count). The van der Waals surface area contributed by atoms with Gasteiger partial charge in [-0.15, -0.1) is 11.3 Å². The lowest BCUT2D eigenvalue weighted by atomic mass is 9.97. The molecule has 0 aliphatic carbocycles. The third-order valence-corrected chi connectivity index (χ3v) is 5.05. The fourth-order valence-corrected chi connectivity index (χ4v) is 3.31. The smallest absolute Gasteiger partial charge is 0.317 e. The second-order valence-electron chi connectivity index (χ2n) is 5.91. The molecule has 122 valence electrons. The number of carboxylic acids is 1. The summed E-state index contributed by atoms with van der Waals surface area (Å²) >= 11 is 1.66. The van der Waals surface area contributed by atoms with Crippen LogP contribution in [-0.4, -0.2) is 46.6 Å². The van der Waals surface area contributed by atoms with Crippen molar-refractivity contribution in [2.24, 2.45) is 5.92 Å². The van der Waals surface area contributed by atoms with Crippen molar-refractivity contribution in [3.63, 3.8) is 0 Å². The third kappa shape index (κ3) is 4.43. The minimum atomic E-state index is -0.760. The third-order valence-electron chi connectivity index (χ3n) is 3.85. The molecule has 1 aromatic rings. The van der Waals surface area contributed by atoms with E-state index in [1.54, 1.807) is 16.2 Å². The van der Waals surface area contributed by atoms with Gasteiger partial charge in [-0.05, 0) is 12.8 Å². The molecule has 0 spiro atoms. The molecular weight excluding hydrogens is 302 g/mol. The lowest BCUT2D eigenvalue weighted by molar-refractivity contribution is -0.143. The molecule has 7 heteroatoms. The number of nitrogens with one attached hydrogen (secondary N) is 1. The van der Waals surface area contributed by atoms with Crippen LogP contribution < -0.4 is 5.32 Å². The van der Waals surface area contributed by atoms with Crippen molar-refractivity contribution in [1.82, 2.24) is 15.2 Å². The average molecular weight is 325 g/mol. The summed E-state index contributed by atoms with van der Waals surface area (Å²) in [6, 6.07) is -0.108. The zero-order valence-electron chi connectivity index (χ0n) is 13.0. The molecule has 22 heavy (non-hydrogen) atoms. The average Bonchev–Trinajstić information content (AvgIpc) is 2.96. The maximum absolute atomic E-state index is 12.0. The SMILES string of the molecule is CC(C)c1nc(CCNC(=O)N2CCC(C(=O)O)CC2)cs1. The molecule has 0 radical (unpaired) electrons. The maximum atomic E-state index is 12.0. The molecule has 0 saturated carbocycles. The number of urea groups is 1. The van der Waals surface area contributed by atoms with Gasteiger partial charge in [0, 0.05) is 37.4 Å². The number of hydrogen-bond acceptors (Lipinski definition) is 4. The second-order valence-corrected chi connectivity index (χ2v) is 6.80. The quantitative estimate of drug-likeness (QED) is 0.870. The fourth-order valence-electron chi connectivity index (χ4n) is 2.44. The van der Waals surface area contributed by atoms with Crippen LogP contribution >= 0.6 is 11.3 Å². The molecule has 1 saturated heterocycles. The summed E-state index contributed by atoms with van der Waals surface area (Å²) in [6.07, 6.45) is 1.79. The summed E-state index contributed by atoms with van der Waals surface area (Å²) in [5.41, 5.74) is 1.01. The zero-order chi connectivity index (χ0) is 16.1. The molecule has 2 amide bonds. The van der Waals surface area contributed by atoms with Crippen LogP contribution in [0.2, 0.25) is 0 Å². The highest BCUT2D eigenvalue weighted by atomic mass is 32.1. The highest BCUT2D eigenvalue weighted by Gasteiger charge is 2.26. The molecule has 2 N–H and O–H groups in total. The molecule has 6 nitrogen and oxygen atoms in total. The van der Waals surface area contributed by atoms with Crippen LogP contribution in [0, 0.1) is 5.92 Å². The van der Waals surface area contributed by atoms with Crippen molar-refractivity contribution >= 4 is 23.3 Å². The van der Waals surface area contributed by atoms with E-state index in [2.05, 4.69) is 24.1 Å². The summed E-state index contributed by atoms with van der Waals surface area (Å²) in [5, 5.41) is 15.0. The van der Waals surface area contributed by atoms with Crippen molar-refractivity contribution in [2.45, 2.75) is 39.0 Å². The van der Waals surface area contributed by atoms with E-state index in [1.807, 2.05) is 5.38 Å². The number of rotatable bonds is 5. The Morgan fingerprint density at radius 2 is 2.14 bits per heavy atom. The normalized spacial score (nSPS) is 16.0. The van der Waals surface area contributed by atoms with Gasteiger partial charge in [0.15, 0.2) is 0 Å². The van der Waals surface area contributed by atoms with Crippen LogP contribution in [0.5, 0.6) is 0 Å². The van der Waals surface area contributed by atoms with Gasteiger partial charge in [-0.25, -0.2) is 9.78 Å². The molecule has 0 bridgehead atoms. The van der Waals surface area contributed by atoms with Crippen molar-refractivity contribution < 1.29 is 14.7 Å². The Bertz CT molecular complexity index is 522. The van der Waals surface area contributed by atoms with E-state index in [0.29, 0.717) is 38.4 Å². The van der Waals surface area contributed by atoms with E-state index < -0.39 is 5.97 Å². The number of likely N-dealkylation sites (tertiary alicyclic amines) is 1. The summed E-state index contributed by atoms with van der Waals surface area (Å²) in [4.78, 5) is 29.1. The van der Waals surface area contributed by atoms with Crippen molar-refractivity contribution in [3.05, 3.63) is 16.1 Å². The van der Waals surface area contributed by atoms with Crippen molar-refractivity contribution in [1.29, 1.82) is 0 Å². The Morgan fingerprint density at radius 1 is 1.45 bits per heavy atom. The van der Waals surface area contributed by atoms with Crippen molar-refractivity contribution in [3.8, 4) is 0 Å². The Morgan fingerprint density at radius 3 is 2.68 bits per heavy atom. The Labute approximate surface area is 134 Å². The predicted octanol–water partition coefficient (Wildman–Crippen LogP) is 2.32. The van der Waals surface area contributed by atoms with E-state index >= 15 is 0 Å². The number of piperidine rings is 1. The number of thiazole rings is 1. The Hall–Kier alpha value is -1.63. The van der Waals surface area contributed by atoms with E-state index in [9.17, 15) is 9.59 Å². The molecule has 0 aromatic carbocycles. The van der Waals surface area contributed by atoms with Gasteiger partial charge in [0.2, 0.25) is 0 Å². The number of aromatic nitrogens is 1. The highest BCUT2D eigenvalue weighted by molar-refractivity contribution is 7.09. The lowest BCUT2D eigenvalue weighted by Gasteiger charge is -2.30. The van der Waals surface area contributed by atoms with Crippen molar-refractivity contribution in [2.75, 3.05) is 19.6 Å². The molecular formula is C15H23N3O3S. The molecule has 1 aliphatic rings. The first-order valence-electron chi connectivity index (χ1n) is 7.67. The number of aliphatic carboxylic acids is 1. The number of nitrogens with zero attached hydrogens (tertiary/aromatic N) is 2. The minimum absolute atomic E-state index is 0.108. The first-order chi connectivity index (χ1) is 10.5. The van der Waals surface area contributed by atoms with E-state index in [0.717, 1.165) is 17.1 Å². The number of amides is 2. The number of carbonyl (C=O) groups is 2. The van der Waals surface area contributed by atoms with Crippen LogP contribution in [0.4, 0.5) is 4.79 Å². The van der Waals surface area contributed by atoms with Gasteiger partial charge in [0.05, 0.1) is 16.6 Å². The van der Waals surface area contributed by atoms with Gasteiger partial charge < -0.3 is 15.3 Å². The Kier molecular flexibility index (Phi) is 5.76. The summed E-state index contributed by atoms with van der Waals surface area (Å²) in [7, 11) is 0. The standard InChI is InChI=1S/C15H23N3O3S/c1-10(2)13-17-12(9-22-13)3-6-16-15(21)18-7-4-11(5-8-18)14(19)20/h9-11H,3-8H2,1-2H3,(H,16,21)(H,19,20). The van der Waals surface area contributed by atoms with Crippen LogP contribution in [-0.2, 0) is 11.2 Å². The number of carbonyl (C=O) groups excluding carboxylic acids is 1. The number of carboxylic acid groups (broad SMARTS) is 1. The van der Waals surface area contributed by atoms with Gasteiger partial charge >= 0.3 is 12.0 Å². The topological polar surface area (TPSA) is 82.5 Å². The van der Waals surface area contributed by atoms with Gasteiger partial charge in [-0.2, -0.15) is 0 Å². The van der Waals surface area contributed by atoms with Crippen LogP contribution in [0.3, 0.4) is 0 Å². The molecule has 1 aromatic heterocycles. The second kappa shape index (κ2) is 7.58. The van der Waals surface area contributed by atoms with Gasteiger partial charge in [-0.1, -0.05) is 13.8 Å². The van der Waals surface area contributed by atoms with Crippen LogP contribution in [0.1, 0.15) is 43.3 Å². The predicted molar refractivity (Wildman–Crippen MR) is 85.2 cm³/mol. The molecule has 1 fully saturated rings.